The minimum atomic E-state index is -4.21. The third-order valence-corrected chi connectivity index (χ3v) is 5.51. The molecule has 0 bridgehead atoms. The van der Waals surface area contributed by atoms with E-state index >= 15 is 0 Å². The molecule has 0 radical (unpaired) electrons. The van der Waals surface area contributed by atoms with E-state index in [0.717, 1.165) is 26.3 Å². The average molecular weight is 460 g/mol. The van der Waals surface area contributed by atoms with Crippen molar-refractivity contribution in [3.05, 3.63) is 29.8 Å². The maximum absolute atomic E-state index is 12.5. The minimum absolute atomic E-state index is 0.118. The molecule has 1 aromatic rings. The van der Waals surface area contributed by atoms with E-state index in [9.17, 15) is 27.9 Å². The summed E-state index contributed by atoms with van der Waals surface area (Å²) in [6.45, 7) is 4.28. The molecule has 12 heteroatoms. The second-order valence-corrected chi connectivity index (χ2v) is 8.45. The lowest BCUT2D eigenvalue weighted by molar-refractivity contribution is -0.294. The number of carbonyl (C=O) groups excluding carboxylic acids is 3. The third-order valence-electron chi connectivity index (χ3n) is 4.21. The summed E-state index contributed by atoms with van der Waals surface area (Å²) in [5.74, 6) is -2.45. The number of benzene rings is 1. The lowest BCUT2D eigenvalue weighted by atomic mass is 9.98. The zero-order chi connectivity index (χ0) is 23.3. The molecular weight excluding hydrogens is 436 g/mol. The minimum Gasteiger partial charge on any atom is -0.456 e. The number of aliphatic hydroxyl groups is 1. The number of hydrogen-bond donors (Lipinski definition) is 1. The Hall–Kier alpha value is -2.54. The Morgan fingerprint density at radius 2 is 1.39 bits per heavy atom. The molecule has 2 rings (SSSR count). The van der Waals surface area contributed by atoms with Crippen LogP contribution in [0.15, 0.2) is 29.2 Å². The van der Waals surface area contributed by atoms with Gasteiger partial charge in [0.25, 0.3) is 10.1 Å². The van der Waals surface area contributed by atoms with Gasteiger partial charge in [-0.2, -0.15) is 8.42 Å². The van der Waals surface area contributed by atoms with Crippen LogP contribution in [0.1, 0.15) is 26.3 Å². The van der Waals surface area contributed by atoms with Crippen LogP contribution in [0.3, 0.4) is 0 Å². The average Bonchev–Trinajstić information content (AvgIpc) is 2.65. The van der Waals surface area contributed by atoms with Gasteiger partial charge in [-0.15, -0.1) is 0 Å². The zero-order valence-electron chi connectivity index (χ0n) is 17.3. The SMILES string of the molecule is CC(=O)O[C@@H]1[C@H](OC(C)=O)[C@H](O)O[C@@H](COS(=O)(=O)c2ccc(C)cc2)[C@H]1OC(C)=O. The normalized spacial score (nSPS) is 26.0. The topological polar surface area (TPSA) is 152 Å². The van der Waals surface area contributed by atoms with Crippen molar-refractivity contribution in [1.29, 1.82) is 0 Å². The molecule has 0 aliphatic carbocycles. The Balaban J connectivity index is 2.29. The number of aryl methyl sites for hydroxylation is 1. The van der Waals surface area contributed by atoms with Crippen LogP contribution in [0.4, 0.5) is 0 Å². The number of hydrogen-bond acceptors (Lipinski definition) is 11. The summed E-state index contributed by atoms with van der Waals surface area (Å²) in [6.07, 6.45) is -7.59. The summed E-state index contributed by atoms with van der Waals surface area (Å²) < 4.78 is 50.5. The summed E-state index contributed by atoms with van der Waals surface area (Å²) >= 11 is 0. The third kappa shape index (κ3) is 6.72. The van der Waals surface area contributed by atoms with Crippen LogP contribution in [0, 0.1) is 6.92 Å². The van der Waals surface area contributed by atoms with E-state index < -0.39 is 65.3 Å². The van der Waals surface area contributed by atoms with Gasteiger partial charge in [0.15, 0.2) is 24.6 Å². The van der Waals surface area contributed by atoms with Gasteiger partial charge in [0.05, 0.1) is 11.5 Å². The molecule has 1 saturated heterocycles. The Kier molecular flexibility index (Phi) is 8.12. The zero-order valence-corrected chi connectivity index (χ0v) is 18.2. The highest BCUT2D eigenvalue weighted by atomic mass is 32.2. The number of ether oxygens (including phenoxy) is 4. The fourth-order valence-electron chi connectivity index (χ4n) is 2.94. The predicted octanol–water partition coefficient (Wildman–Crippen LogP) is 0.213. The van der Waals surface area contributed by atoms with E-state index in [1.54, 1.807) is 19.1 Å². The Morgan fingerprint density at radius 3 is 1.90 bits per heavy atom. The predicted molar refractivity (Wildman–Crippen MR) is 102 cm³/mol. The van der Waals surface area contributed by atoms with Gasteiger partial charge in [0.1, 0.15) is 6.10 Å². The summed E-state index contributed by atoms with van der Waals surface area (Å²) in [7, 11) is -4.21. The maximum atomic E-state index is 12.5. The van der Waals surface area contributed by atoms with Gasteiger partial charge < -0.3 is 24.1 Å². The van der Waals surface area contributed by atoms with Crippen molar-refractivity contribution in [3.8, 4) is 0 Å². The molecule has 1 aromatic carbocycles. The van der Waals surface area contributed by atoms with Gasteiger partial charge in [-0.05, 0) is 19.1 Å². The van der Waals surface area contributed by atoms with Crippen molar-refractivity contribution in [1.82, 2.24) is 0 Å². The van der Waals surface area contributed by atoms with Gasteiger partial charge in [-0.1, -0.05) is 17.7 Å². The van der Waals surface area contributed by atoms with E-state index in [-0.39, 0.29) is 4.90 Å². The molecule has 1 aliphatic rings. The van der Waals surface area contributed by atoms with Crippen molar-refractivity contribution in [2.45, 2.75) is 63.3 Å². The van der Waals surface area contributed by atoms with Gasteiger partial charge in [0, 0.05) is 20.8 Å². The largest absolute Gasteiger partial charge is 0.456 e. The first-order valence-corrected chi connectivity index (χ1v) is 10.6. The van der Waals surface area contributed by atoms with Crippen LogP contribution in [0.2, 0.25) is 0 Å². The molecule has 0 spiro atoms. The van der Waals surface area contributed by atoms with E-state index in [1.165, 1.54) is 12.1 Å². The van der Waals surface area contributed by atoms with E-state index in [4.69, 9.17) is 23.1 Å². The number of esters is 3. The molecule has 11 nitrogen and oxygen atoms in total. The van der Waals surface area contributed by atoms with Gasteiger partial charge in [-0.3, -0.25) is 18.6 Å². The molecule has 172 valence electrons. The van der Waals surface area contributed by atoms with E-state index in [1.807, 2.05) is 0 Å². The summed E-state index contributed by atoms with van der Waals surface area (Å²) in [6, 6.07) is 5.87. The van der Waals surface area contributed by atoms with Crippen molar-refractivity contribution in [2.75, 3.05) is 6.61 Å². The van der Waals surface area contributed by atoms with Crippen molar-refractivity contribution < 1.29 is 51.0 Å². The summed E-state index contributed by atoms with van der Waals surface area (Å²) in [5.41, 5.74) is 0.841. The second kappa shape index (κ2) is 10.2. The van der Waals surface area contributed by atoms with Crippen molar-refractivity contribution in [2.24, 2.45) is 0 Å². The number of aliphatic hydroxyl groups excluding tert-OH is 1. The molecule has 0 aromatic heterocycles. The number of carbonyl (C=O) groups is 3. The van der Waals surface area contributed by atoms with Gasteiger partial charge >= 0.3 is 17.9 Å². The monoisotopic (exact) mass is 460 g/mol. The van der Waals surface area contributed by atoms with Crippen molar-refractivity contribution >= 4 is 28.0 Å². The molecule has 1 aliphatic heterocycles. The molecule has 0 saturated carbocycles. The fourth-order valence-corrected chi connectivity index (χ4v) is 3.85. The van der Waals surface area contributed by atoms with Crippen LogP contribution in [0.25, 0.3) is 0 Å². The van der Waals surface area contributed by atoms with Crippen LogP contribution in [-0.4, -0.2) is 68.7 Å². The highest BCUT2D eigenvalue weighted by Gasteiger charge is 2.51. The molecule has 1 fully saturated rings. The second-order valence-electron chi connectivity index (χ2n) is 6.84. The van der Waals surface area contributed by atoms with Crippen LogP contribution in [-0.2, 0) is 47.6 Å². The Labute approximate surface area is 179 Å². The Morgan fingerprint density at radius 1 is 0.903 bits per heavy atom. The first-order valence-electron chi connectivity index (χ1n) is 9.22. The number of rotatable bonds is 7. The standard InChI is InChI=1S/C19H24O11S/c1-10-5-7-14(8-6-10)31(24,25)26-9-15-16(27-11(2)20)17(28-12(3)21)18(19(23)30-15)29-13(4)22/h5-8,15-19,23H,9H2,1-4H3/t15-,16+,17-,18-,19+/m0/s1. The lowest BCUT2D eigenvalue weighted by Crippen LogP contribution is -2.62. The molecule has 1 heterocycles. The maximum Gasteiger partial charge on any atom is 0.303 e. The molecular formula is C19H24O11S. The highest BCUT2D eigenvalue weighted by Crippen LogP contribution is 2.29. The molecule has 0 amide bonds. The summed E-state index contributed by atoms with van der Waals surface area (Å²) in [5, 5.41) is 10.3. The molecule has 0 unspecified atom stereocenters. The molecule has 31 heavy (non-hydrogen) atoms. The smallest absolute Gasteiger partial charge is 0.303 e. The van der Waals surface area contributed by atoms with Crippen molar-refractivity contribution in [3.63, 3.8) is 0 Å². The molecule has 5 atom stereocenters. The Bertz CT molecular complexity index is 909. The van der Waals surface area contributed by atoms with E-state index in [2.05, 4.69) is 0 Å². The van der Waals surface area contributed by atoms with Crippen LogP contribution >= 0.6 is 0 Å². The fraction of sp³-hybridized carbons (Fsp3) is 0.526. The summed E-state index contributed by atoms with van der Waals surface area (Å²) in [4.78, 5) is 34.4. The lowest BCUT2D eigenvalue weighted by Gasteiger charge is -2.42. The van der Waals surface area contributed by atoms with Crippen LogP contribution in [0.5, 0.6) is 0 Å². The van der Waals surface area contributed by atoms with Gasteiger partial charge in [-0.25, -0.2) is 0 Å². The van der Waals surface area contributed by atoms with E-state index in [0.29, 0.717) is 0 Å². The highest BCUT2D eigenvalue weighted by molar-refractivity contribution is 7.86. The molecule has 1 N–H and O–H groups in total. The van der Waals surface area contributed by atoms with Crippen LogP contribution < -0.4 is 0 Å². The first kappa shape index (κ1) is 24.7. The van der Waals surface area contributed by atoms with Gasteiger partial charge in [0.2, 0.25) is 0 Å². The quantitative estimate of drug-likeness (QED) is 0.338. The first-order chi connectivity index (χ1) is 14.4.